The van der Waals surface area contributed by atoms with Gasteiger partial charge in [-0.15, -0.1) is 0 Å². The predicted molar refractivity (Wildman–Crippen MR) is 82.9 cm³/mol. The first kappa shape index (κ1) is 14.4. The van der Waals surface area contributed by atoms with E-state index in [1.807, 2.05) is 12.1 Å². The van der Waals surface area contributed by atoms with Crippen LogP contribution in [-0.2, 0) is 0 Å². The van der Waals surface area contributed by atoms with Crippen molar-refractivity contribution in [2.24, 2.45) is 0 Å². The molecule has 100 valence electrons. The molecule has 0 radical (unpaired) electrons. The van der Waals surface area contributed by atoms with Crippen LogP contribution in [0.2, 0.25) is 10.0 Å². The lowest BCUT2D eigenvalue weighted by atomic mass is 9.98. The van der Waals surface area contributed by atoms with Crippen molar-refractivity contribution >= 4 is 44.8 Å². The average molecular weight is 352 g/mol. The highest BCUT2D eigenvalue weighted by Gasteiger charge is 2.23. The molecule has 1 aromatic rings. The molecule has 1 aliphatic rings. The summed E-state index contributed by atoms with van der Waals surface area (Å²) in [4.78, 5) is 2.38. The molecule has 0 spiro atoms. The Morgan fingerprint density at radius 1 is 1.33 bits per heavy atom. The van der Waals surface area contributed by atoms with Gasteiger partial charge < -0.3 is 10.2 Å². The second-order valence-electron chi connectivity index (χ2n) is 4.94. The lowest BCUT2D eigenvalue weighted by Gasteiger charge is -2.36. The Bertz CT molecular complexity index is 416. The summed E-state index contributed by atoms with van der Waals surface area (Å²) >= 11 is 15.8. The van der Waals surface area contributed by atoms with E-state index >= 15 is 0 Å². The lowest BCUT2D eigenvalue weighted by Crippen LogP contribution is -2.42. The van der Waals surface area contributed by atoms with Gasteiger partial charge in [-0.25, -0.2) is 0 Å². The zero-order valence-electron chi connectivity index (χ0n) is 10.5. The minimum absolute atomic E-state index is 0.437. The molecule has 1 aromatic carbocycles. The number of likely N-dealkylation sites (tertiary alicyclic amines) is 1. The molecule has 2 nitrogen and oxygen atoms in total. The number of hydrogen-bond donors (Lipinski definition) is 1. The van der Waals surface area contributed by atoms with Gasteiger partial charge in [0.1, 0.15) is 0 Å². The Labute approximate surface area is 127 Å². The van der Waals surface area contributed by atoms with Crippen LogP contribution in [0.3, 0.4) is 0 Å². The molecule has 1 N–H and O–H groups in total. The van der Waals surface area contributed by atoms with Gasteiger partial charge in [0.2, 0.25) is 0 Å². The van der Waals surface area contributed by atoms with Crippen molar-refractivity contribution in [2.45, 2.75) is 31.8 Å². The summed E-state index contributed by atoms with van der Waals surface area (Å²) in [5, 5.41) is 4.82. The van der Waals surface area contributed by atoms with E-state index in [0.29, 0.717) is 22.1 Å². The molecule has 5 heteroatoms. The fourth-order valence-electron chi connectivity index (χ4n) is 2.30. The molecule has 0 aliphatic carbocycles. The van der Waals surface area contributed by atoms with Crippen LogP contribution in [-0.4, -0.2) is 30.6 Å². The van der Waals surface area contributed by atoms with Crippen LogP contribution in [0.5, 0.6) is 0 Å². The van der Waals surface area contributed by atoms with Crippen LogP contribution < -0.4 is 5.32 Å². The Morgan fingerprint density at radius 3 is 2.50 bits per heavy atom. The highest BCUT2D eigenvalue weighted by Crippen LogP contribution is 2.35. The Hall–Kier alpha value is 0.0400. The number of anilines is 1. The molecular formula is C13H17BrCl2N2. The fourth-order valence-corrected chi connectivity index (χ4v) is 3.62. The zero-order valence-corrected chi connectivity index (χ0v) is 13.6. The quantitative estimate of drug-likeness (QED) is 0.834. The average Bonchev–Trinajstić information content (AvgIpc) is 2.28. The topological polar surface area (TPSA) is 15.3 Å². The molecule has 0 saturated carbocycles. The Kier molecular flexibility index (Phi) is 4.81. The maximum atomic E-state index is 6.23. The van der Waals surface area contributed by atoms with Gasteiger partial charge in [-0.1, -0.05) is 39.1 Å². The van der Waals surface area contributed by atoms with Gasteiger partial charge in [0, 0.05) is 23.1 Å². The molecule has 1 fully saturated rings. The maximum Gasteiger partial charge on any atom is 0.0721 e. The zero-order chi connectivity index (χ0) is 13.3. The van der Waals surface area contributed by atoms with Gasteiger partial charge in [0.05, 0.1) is 15.7 Å². The molecule has 1 aliphatic heterocycles. The van der Waals surface area contributed by atoms with Crippen LogP contribution >= 0.6 is 39.1 Å². The van der Waals surface area contributed by atoms with E-state index in [2.05, 4.69) is 40.1 Å². The van der Waals surface area contributed by atoms with Crippen LogP contribution in [0, 0.1) is 0 Å². The van der Waals surface area contributed by atoms with Crippen molar-refractivity contribution in [1.82, 2.24) is 4.90 Å². The molecule has 1 saturated heterocycles. The summed E-state index contributed by atoms with van der Waals surface area (Å²) in [6.07, 6.45) is 2.22. The van der Waals surface area contributed by atoms with Crippen molar-refractivity contribution in [3.63, 3.8) is 0 Å². The summed E-state index contributed by atoms with van der Waals surface area (Å²) in [5.41, 5.74) is 0.850. The third-order valence-corrected chi connectivity index (χ3v) is 4.62. The normalized spacial score (nSPS) is 25.2. The first-order chi connectivity index (χ1) is 8.47. The molecule has 0 amide bonds. The van der Waals surface area contributed by atoms with Gasteiger partial charge in [0.15, 0.2) is 0 Å². The van der Waals surface area contributed by atoms with Gasteiger partial charge in [0.25, 0.3) is 0 Å². The van der Waals surface area contributed by atoms with Crippen LogP contribution in [0.15, 0.2) is 16.6 Å². The maximum absolute atomic E-state index is 6.23. The second kappa shape index (κ2) is 6.00. The minimum Gasteiger partial charge on any atom is -0.380 e. The first-order valence-electron chi connectivity index (χ1n) is 6.08. The van der Waals surface area contributed by atoms with Crippen molar-refractivity contribution < 1.29 is 0 Å². The molecule has 1 heterocycles. The number of nitrogens with one attached hydrogen (secondary N) is 1. The van der Waals surface area contributed by atoms with Crippen LogP contribution in [0.25, 0.3) is 0 Å². The van der Waals surface area contributed by atoms with E-state index in [0.717, 1.165) is 29.5 Å². The standard InChI is InChI=1S/C13H17BrCl2N2/c1-8-5-10(3-4-18(8)2)17-13-11(15)6-9(14)7-12(13)16/h6-8,10,17H,3-5H2,1-2H3. The second-order valence-corrected chi connectivity index (χ2v) is 6.67. The van der Waals surface area contributed by atoms with E-state index in [-0.39, 0.29) is 0 Å². The SMILES string of the molecule is CC1CC(Nc2c(Cl)cc(Br)cc2Cl)CCN1C. The highest BCUT2D eigenvalue weighted by molar-refractivity contribution is 9.10. The summed E-state index contributed by atoms with van der Waals surface area (Å²) in [6, 6.07) is 4.76. The summed E-state index contributed by atoms with van der Waals surface area (Å²) in [5.74, 6) is 0. The van der Waals surface area contributed by atoms with Crippen molar-refractivity contribution in [2.75, 3.05) is 18.9 Å². The van der Waals surface area contributed by atoms with E-state index in [9.17, 15) is 0 Å². The number of piperidine rings is 1. The van der Waals surface area contributed by atoms with Gasteiger partial charge >= 0.3 is 0 Å². The summed E-state index contributed by atoms with van der Waals surface area (Å²) in [7, 11) is 2.17. The summed E-state index contributed by atoms with van der Waals surface area (Å²) < 4.78 is 0.903. The third-order valence-electron chi connectivity index (χ3n) is 3.56. The van der Waals surface area contributed by atoms with Crippen molar-refractivity contribution in [3.8, 4) is 0 Å². The molecule has 2 atom stereocenters. The van der Waals surface area contributed by atoms with Crippen molar-refractivity contribution in [3.05, 3.63) is 26.7 Å². The lowest BCUT2D eigenvalue weighted by molar-refractivity contribution is 0.190. The van der Waals surface area contributed by atoms with Gasteiger partial charge in [-0.2, -0.15) is 0 Å². The van der Waals surface area contributed by atoms with E-state index in [1.54, 1.807) is 0 Å². The highest BCUT2D eigenvalue weighted by atomic mass is 79.9. The van der Waals surface area contributed by atoms with E-state index < -0.39 is 0 Å². The third kappa shape index (κ3) is 3.32. The number of halogens is 3. The number of rotatable bonds is 2. The smallest absolute Gasteiger partial charge is 0.0721 e. The van der Waals surface area contributed by atoms with E-state index in [1.165, 1.54) is 0 Å². The Balaban J connectivity index is 2.10. The number of nitrogens with zero attached hydrogens (tertiary/aromatic N) is 1. The van der Waals surface area contributed by atoms with Crippen molar-refractivity contribution in [1.29, 1.82) is 0 Å². The predicted octanol–water partition coefficient (Wildman–Crippen LogP) is 4.65. The summed E-state index contributed by atoms with van der Waals surface area (Å²) in [6.45, 7) is 3.35. The van der Waals surface area contributed by atoms with Gasteiger partial charge in [-0.3, -0.25) is 0 Å². The monoisotopic (exact) mass is 350 g/mol. The minimum atomic E-state index is 0.437. The fraction of sp³-hybridized carbons (Fsp3) is 0.538. The molecule has 2 rings (SSSR count). The molecule has 0 aromatic heterocycles. The van der Waals surface area contributed by atoms with Gasteiger partial charge in [-0.05, 0) is 38.9 Å². The molecular weight excluding hydrogens is 335 g/mol. The first-order valence-corrected chi connectivity index (χ1v) is 7.63. The van der Waals surface area contributed by atoms with Crippen LogP contribution in [0.4, 0.5) is 5.69 Å². The molecule has 0 bridgehead atoms. The molecule has 2 unspecified atom stereocenters. The largest absolute Gasteiger partial charge is 0.380 e. The Morgan fingerprint density at radius 2 is 1.94 bits per heavy atom. The van der Waals surface area contributed by atoms with Crippen LogP contribution in [0.1, 0.15) is 19.8 Å². The molecule has 18 heavy (non-hydrogen) atoms. The number of benzene rings is 1. The van der Waals surface area contributed by atoms with E-state index in [4.69, 9.17) is 23.2 Å². The number of hydrogen-bond acceptors (Lipinski definition) is 2.